The molecule has 10 heteroatoms. The second-order valence-electron chi connectivity index (χ2n) is 5.08. The van der Waals surface area contributed by atoms with E-state index in [1.54, 1.807) is 0 Å². The normalized spacial score (nSPS) is 13.7. The molecule has 0 aromatic heterocycles. The number of carboxylic acids is 1. The van der Waals surface area contributed by atoms with Gasteiger partial charge in [0.15, 0.2) is 5.60 Å². The van der Waals surface area contributed by atoms with Crippen LogP contribution in [-0.2, 0) is 15.8 Å². The van der Waals surface area contributed by atoms with E-state index < -0.39 is 53.8 Å². The molecule has 1 unspecified atom stereocenters. The van der Waals surface area contributed by atoms with Gasteiger partial charge >= 0.3 is 12.1 Å². The van der Waals surface area contributed by atoms with Crippen LogP contribution in [-0.4, -0.2) is 46.7 Å². The van der Waals surface area contributed by atoms with Crippen LogP contribution in [0.2, 0.25) is 0 Å². The van der Waals surface area contributed by atoms with Crippen LogP contribution in [0, 0.1) is 0 Å². The van der Waals surface area contributed by atoms with Gasteiger partial charge < -0.3 is 20.8 Å². The average Bonchev–Trinajstić information content (AvgIpc) is 2.49. The lowest BCUT2D eigenvalue weighted by molar-refractivity contribution is -0.156. The van der Waals surface area contributed by atoms with Crippen LogP contribution >= 0.6 is 0 Å². The number of aliphatic hydroxyl groups is 1. The second kappa shape index (κ2) is 7.30. The molecule has 132 valence electrons. The maximum absolute atomic E-state index is 12.8. The molecule has 4 N–H and O–H groups in total. The van der Waals surface area contributed by atoms with Crippen LogP contribution in [0.25, 0.3) is 0 Å². The lowest BCUT2D eigenvalue weighted by Crippen LogP contribution is -2.48. The fraction of sp³-hybridized carbons (Fsp3) is 0.357. The lowest BCUT2D eigenvalue weighted by Gasteiger charge is -2.18. The maximum Gasteiger partial charge on any atom is 0.417 e. The van der Waals surface area contributed by atoms with E-state index in [1.807, 2.05) is 10.6 Å². The minimum atomic E-state index is -4.73. The Morgan fingerprint density at radius 3 is 2.25 bits per heavy atom. The molecule has 1 atom stereocenters. The molecular formula is C14H15F3N2O5. The highest BCUT2D eigenvalue weighted by Crippen LogP contribution is 2.31. The van der Waals surface area contributed by atoms with Crippen LogP contribution in [0.15, 0.2) is 24.3 Å². The summed E-state index contributed by atoms with van der Waals surface area (Å²) >= 11 is 0. The summed E-state index contributed by atoms with van der Waals surface area (Å²) in [5, 5.41) is 22.1. The molecule has 0 aliphatic heterocycles. The van der Waals surface area contributed by atoms with E-state index in [1.165, 1.54) is 6.07 Å². The van der Waals surface area contributed by atoms with Gasteiger partial charge in [-0.2, -0.15) is 13.2 Å². The third kappa shape index (κ3) is 5.23. The molecule has 0 bridgehead atoms. The van der Waals surface area contributed by atoms with E-state index in [-0.39, 0.29) is 0 Å². The van der Waals surface area contributed by atoms with E-state index in [0.29, 0.717) is 0 Å². The number of carboxylic acid groups (broad SMARTS) is 1. The van der Waals surface area contributed by atoms with Crippen LogP contribution in [0.5, 0.6) is 0 Å². The molecule has 0 saturated heterocycles. The highest BCUT2D eigenvalue weighted by molar-refractivity contribution is 5.97. The number of hydrogen-bond acceptors (Lipinski definition) is 4. The average molecular weight is 348 g/mol. The predicted molar refractivity (Wildman–Crippen MR) is 75.0 cm³/mol. The van der Waals surface area contributed by atoms with Gasteiger partial charge in [-0.25, -0.2) is 4.79 Å². The van der Waals surface area contributed by atoms with Gasteiger partial charge in [0.25, 0.3) is 5.91 Å². The fourth-order valence-corrected chi connectivity index (χ4v) is 1.59. The number of rotatable bonds is 6. The first kappa shape index (κ1) is 19.4. The molecule has 0 saturated carbocycles. The zero-order valence-corrected chi connectivity index (χ0v) is 12.5. The van der Waals surface area contributed by atoms with Crippen molar-refractivity contribution in [1.82, 2.24) is 10.6 Å². The molecule has 1 aromatic carbocycles. The van der Waals surface area contributed by atoms with E-state index in [0.717, 1.165) is 25.1 Å². The molecule has 1 rings (SSSR count). The van der Waals surface area contributed by atoms with Crippen molar-refractivity contribution in [3.8, 4) is 0 Å². The van der Waals surface area contributed by atoms with E-state index >= 15 is 0 Å². The highest BCUT2D eigenvalue weighted by atomic mass is 19.4. The first-order valence-electron chi connectivity index (χ1n) is 6.62. The molecule has 0 fully saturated rings. The Balaban J connectivity index is 2.65. The Morgan fingerprint density at radius 2 is 1.71 bits per heavy atom. The predicted octanol–water partition coefficient (Wildman–Crippen LogP) is 0.387. The van der Waals surface area contributed by atoms with Crippen molar-refractivity contribution in [2.75, 3.05) is 13.1 Å². The van der Waals surface area contributed by atoms with Gasteiger partial charge in [-0.05, 0) is 19.1 Å². The zero-order chi connectivity index (χ0) is 18.5. The van der Waals surface area contributed by atoms with Crippen molar-refractivity contribution in [1.29, 1.82) is 0 Å². The smallest absolute Gasteiger partial charge is 0.417 e. The fourth-order valence-electron chi connectivity index (χ4n) is 1.59. The summed E-state index contributed by atoms with van der Waals surface area (Å²) in [6, 6.07) is 4.07. The Labute approximate surface area is 134 Å². The Kier molecular flexibility index (Phi) is 5.91. The van der Waals surface area contributed by atoms with Crippen molar-refractivity contribution in [2.24, 2.45) is 0 Å². The molecule has 0 aliphatic rings. The van der Waals surface area contributed by atoms with Gasteiger partial charge in [-0.1, -0.05) is 12.1 Å². The van der Waals surface area contributed by atoms with Crippen molar-refractivity contribution >= 4 is 17.8 Å². The highest BCUT2D eigenvalue weighted by Gasteiger charge is 2.35. The number of carbonyl (C=O) groups is 3. The van der Waals surface area contributed by atoms with E-state index in [9.17, 15) is 32.7 Å². The van der Waals surface area contributed by atoms with Crippen molar-refractivity contribution in [2.45, 2.75) is 18.7 Å². The number of aliphatic carboxylic acids is 1. The monoisotopic (exact) mass is 348 g/mol. The second-order valence-corrected chi connectivity index (χ2v) is 5.08. The minimum Gasteiger partial charge on any atom is -0.479 e. The van der Waals surface area contributed by atoms with Gasteiger partial charge in [-0.3, -0.25) is 9.59 Å². The number of benzene rings is 1. The molecule has 7 nitrogen and oxygen atoms in total. The zero-order valence-electron chi connectivity index (χ0n) is 12.5. The van der Waals surface area contributed by atoms with Gasteiger partial charge in [0.2, 0.25) is 5.91 Å². The molecule has 1 aromatic rings. The van der Waals surface area contributed by atoms with E-state index in [2.05, 4.69) is 0 Å². The summed E-state index contributed by atoms with van der Waals surface area (Å²) in [6.07, 6.45) is -4.73. The van der Waals surface area contributed by atoms with Crippen LogP contribution < -0.4 is 10.6 Å². The maximum atomic E-state index is 12.8. The Bertz CT molecular complexity index is 644. The SMILES string of the molecule is CC(O)(CNC(=O)CNC(=O)c1ccccc1C(F)(F)F)C(=O)O. The van der Waals surface area contributed by atoms with Gasteiger partial charge in [0.05, 0.1) is 24.2 Å². The van der Waals surface area contributed by atoms with E-state index in [4.69, 9.17) is 5.11 Å². The van der Waals surface area contributed by atoms with Gasteiger partial charge in [0.1, 0.15) is 0 Å². The standard InChI is InChI=1S/C14H15F3N2O5/c1-13(24,12(22)23)7-19-10(20)6-18-11(21)8-4-2-3-5-9(8)14(15,16)17/h2-5,24H,6-7H2,1H3,(H,18,21)(H,19,20)(H,22,23). The number of carbonyl (C=O) groups excluding carboxylic acids is 2. The van der Waals surface area contributed by atoms with Crippen molar-refractivity contribution < 1.29 is 37.8 Å². The third-order valence-electron chi connectivity index (χ3n) is 2.98. The molecular weight excluding hydrogens is 333 g/mol. The first-order valence-corrected chi connectivity index (χ1v) is 6.62. The summed E-state index contributed by atoms with van der Waals surface area (Å²) in [4.78, 5) is 33.9. The summed E-state index contributed by atoms with van der Waals surface area (Å²) in [7, 11) is 0. The molecule has 2 amide bonds. The number of amides is 2. The number of halogens is 3. The van der Waals surface area contributed by atoms with Crippen molar-refractivity contribution in [3.63, 3.8) is 0 Å². The molecule has 0 radical (unpaired) electrons. The lowest BCUT2D eigenvalue weighted by atomic mass is 10.1. The molecule has 0 heterocycles. The van der Waals surface area contributed by atoms with Crippen LogP contribution in [0.4, 0.5) is 13.2 Å². The van der Waals surface area contributed by atoms with Gasteiger partial charge in [-0.15, -0.1) is 0 Å². The van der Waals surface area contributed by atoms with Gasteiger partial charge in [0, 0.05) is 0 Å². The summed E-state index contributed by atoms with van der Waals surface area (Å²) in [6.45, 7) is -0.356. The minimum absolute atomic E-state index is 0.629. The quantitative estimate of drug-likeness (QED) is 0.593. The summed E-state index contributed by atoms with van der Waals surface area (Å²) in [5.74, 6) is -3.54. The largest absolute Gasteiger partial charge is 0.479 e. The summed E-state index contributed by atoms with van der Waals surface area (Å²) in [5.41, 5.74) is -3.99. The molecule has 0 aliphatic carbocycles. The third-order valence-corrected chi connectivity index (χ3v) is 2.98. The first-order chi connectivity index (χ1) is 10.9. The topological polar surface area (TPSA) is 116 Å². The van der Waals surface area contributed by atoms with Crippen molar-refractivity contribution in [3.05, 3.63) is 35.4 Å². The molecule has 0 spiro atoms. The summed E-state index contributed by atoms with van der Waals surface area (Å²) < 4.78 is 38.4. The number of alkyl halides is 3. The van der Waals surface area contributed by atoms with Crippen LogP contribution in [0.3, 0.4) is 0 Å². The number of hydrogen-bond donors (Lipinski definition) is 4. The number of nitrogens with one attached hydrogen (secondary N) is 2. The molecule has 24 heavy (non-hydrogen) atoms. The van der Waals surface area contributed by atoms with Crippen LogP contribution in [0.1, 0.15) is 22.8 Å². The Morgan fingerprint density at radius 1 is 1.12 bits per heavy atom. The Hall–Kier alpha value is -2.62.